The van der Waals surface area contributed by atoms with Gasteiger partial charge >= 0.3 is 0 Å². The van der Waals surface area contributed by atoms with Gasteiger partial charge in [-0.1, -0.05) is 0 Å². The lowest BCUT2D eigenvalue weighted by Crippen LogP contribution is -2.45. The van der Waals surface area contributed by atoms with Crippen LogP contribution in [-0.2, 0) is 0 Å². The standard InChI is InChI=1S/C9H17N2/c1-11-5-3-8-2-4-10-6-9(8)7-11/h8-9H,2-7H2,1H3. The van der Waals surface area contributed by atoms with Crippen molar-refractivity contribution in [3.63, 3.8) is 0 Å². The van der Waals surface area contributed by atoms with E-state index in [1.807, 2.05) is 0 Å². The third kappa shape index (κ3) is 1.57. The molecular weight excluding hydrogens is 136 g/mol. The van der Waals surface area contributed by atoms with Crippen LogP contribution in [0, 0.1) is 11.8 Å². The average molecular weight is 153 g/mol. The van der Waals surface area contributed by atoms with Crippen molar-refractivity contribution in [3.8, 4) is 0 Å². The van der Waals surface area contributed by atoms with E-state index in [4.69, 9.17) is 0 Å². The molecule has 2 heteroatoms. The fraction of sp³-hybridized carbons (Fsp3) is 1.00. The van der Waals surface area contributed by atoms with E-state index in [9.17, 15) is 0 Å². The largest absolute Gasteiger partial charge is 0.306 e. The molecule has 0 bridgehead atoms. The fourth-order valence-corrected chi connectivity index (χ4v) is 2.36. The normalized spacial score (nSPS) is 40.1. The minimum absolute atomic E-state index is 0.891. The van der Waals surface area contributed by atoms with Crippen LogP contribution < -0.4 is 5.32 Å². The monoisotopic (exact) mass is 153 g/mol. The molecule has 0 saturated carbocycles. The van der Waals surface area contributed by atoms with Gasteiger partial charge in [0.05, 0.1) is 0 Å². The first kappa shape index (κ1) is 7.56. The van der Waals surface area contributed by atoms with Crippen molar-refractivity contribution in [1.29, 1.82) is 0 Å². The SMILES string of the molecule is CN1CCC2CC[N]CC2C1. The molecule has 0 aromatic rings. The van der Waals surface area contributed by atoms with E-state index in [1.165, 1.54) is 25.9 Å². The lowest BCUT2D eigenvalue weighted by Gasteiger charge is -2.39. The molecule has 0 aromatic carbocycles. The lowest BCUT2D eigenvalue weighted by molar-refractivity contribution is 0.114. The maximum atomic E-state index is 4.47. The quantitative estimate of drug-likeness (QED) is 0.497. The van der Waals surface area contributed by atoms with Crippen molar-refractivity contribution < 1.29 is 0 Å². The Hall–Kier alpha value is -0.0800. The molecule has 2 rings (SSSR count). The minimum Gasteiger partial charge on any atom is -0.306 e. The number of nitrogens with zero attached hydrogens (tertiary/aromatic N) is 2. The molecule has 0 aromatic heterocycles. The van der Waals surface area contributed by atoms with Gasteiger partial charge in [0.25, 0.3) is 0 Å². The summed E-state index contributed by atoms with van der Waals surface area (Å²) in [5.74, 6) is 1.89. The summed E-state index contributed by atoms with van der Waals surface area (Å²) in [6, 6.07) is 0. The first-order valence-electron chi connectivity index (χ1n) is 4.68. The van der Waals surface area contributed by atoms with Crippen LogP contribution in [0.2, 0.25) is 0 Å². The maximum Gasteiger partial charge on any atom is 0.0176 e. The first-order chi connectivity index (χ1) is 5.36. The molecule has 2 aliphatic rings. The molecule has 2 heterocycles. The van der Waals surface area contributed by atoms with Crippen molar-refractivity contribution in [3.05, 3.63) is 0 Å². The van der Waals surface area contributed by atoms with E-state index in [0.717, 1.165) is 24.9 Å². The highest BCUT2D eigenvalue weighted by Gasteiger charge is 2.29. The average Bonchev–Trinajstić information content (AvgIpc) is 2.04. The van der Waals surface area contributed by atoms with Gasteiger partial charge in [-0.3, -0.25) is 0 Å². The van der Waals surface area contributed by atoms with Crippen LogP contribution in [0.3, 0.4) is 0 Å². The lowest BCUT2D eigenvalue weighted by atomic mass is 9.81. The molecule has 2 saturated heterocycles. The second-order valence-electron chi connectivity index (χ2n) is 3.99. The van der Waals surface area contributed by atoms with E-state index in [1.54, 1.807) is 0 Å². The Bertz CT molecular complexity index is 136. The van der Waals surface area contributed by atoms with Gasteiger partial charge in [-0.05, 0) is 38.3 Å². The van der Waals surface area contributed by atoms with E-state index < -0.39 is 0 Å². The summed E-state index contributed by atoms with van der Waals surface area (Å²) in [6.45, 7) is 4.86. The van der Waals surface area contributed by atoms with Crippen LogP contribution in [0.5, 0.6) is 0 Å². The Balaban J connectivity index is 1.93. The molecule has 2 unspecified atom stereocenters. The molecule has 2 aliphatic heterocycles. The zero-order valence-electron chi connectivity index (χ0n) is 7.29. The fourth-order valence-electron chi connectivity index (χ4n) is 2.36. The number of rotatable bonds is 0. The van der Waals surface area contributed by atoms with E-state index >= 15 is 0 Å². The van der Waals surface area contributed by atoms with E-state index in [0.29, 0.717) is 0 Å². The van der Waals surface area contributed by atoms with Crippen LogP contribution >= 0.6 is 0 Å². The number of fused-ring (bicyclic) bond motifs is 1. The summed E-state index contributed by atoms with van der Waals surface area (Å²) in [6.07, 6.45) is 2.77. The highest BCUT2D eigenvalue weighted by molar-refractivity contribution is 4.83. The first-order valence-corrected chi connectivity index (χ1v) is 4.68. The van der Waals surface area contributed by atoms with Gasteiger partial charge in [-0.25, -0.2) is 5.32 Å². The Kier molecular flexibility index (Phi) is 2.14. The summed E-state index contributed by atoms with van der Waals surface area (Å²) in [5, 5.41) is 4.47. The van der Waals surface area contributed by atoms with Crippen molar-refractivity contribution in [2.45, 2.75) is 12.8 Å². The topological polar surface area (TPSA) is 17.3 Å². The van der Waals surface area contributed by atoms with Gasteiger partial charge in [0.1, 0.15) is 0 Å². The van der Waals surface area contributed by atoms with Gasteiger partial charge in [0, 0.05) is 19.6 Å². The van der Waals surface area contributed by atoms with Gasteiger partial charge in [0.2, 0.25) is 0 Å². The molecule has 2 nitrogen and oxygen atoms in total. The van der Waals surface area contributed by atoms with Crippen LogP contribution in [0.25, 0.3) is 0 Å². The molecule has 1 radical (unpaired) electrons. The maximum absolute atomic E-state index is 4.47. The summed E-state index contributed by atoms with van der Waals surface area (Å²) < 4.78 is 0. The van der Waals surface area contributed by atoms with Crippen molar-refractivity contribution in [2.24, 2.45) is 11.8 Å². The number of piperidine rings is 2. The summed E-state index contributed by atoms with van der Waals surface area (Å²) in [7, 11) is 2.23. The van der Waals surface area contributed by atoms with Gasteiger partial charge in [0.15, 0.2) is 0 Å². The predicted octanol–water partition coefficient (Wildman–Crippen LogP) is 0.562. The van der Waals surface area contributed by atoms with Crippen molar-refractivity contribution in [2.75, 3.05) is 33.2 Å². The van der Waals surface area contributed by atoms with Crippen LogP contribution in [-0.4, -0.2) is 38.1 Å². The molecule has 63 valence electrons. The van der Waals surface area contributed by atoms with Crippen LogP contribution in [0.1, 0.15) is 12.8 Å². The number of hydrogen-bond donors (Lipinski definition) is 0. The minimum atomic E-state index is 0.891. The molecule has 0 amide bonds. The highest BCUT2D eigenvalue weighted by Crippen LogP contribution is 2.27. The number of likely N-dealkylation sites (tertiary alicyclic amines) is 1. The van der Waals surface area contributed by atoms with Gasteiger partial charge < -0.3 is 4.90 Å². The van der Waals surface area contributed by atoms with E-state index in [2.05, 4.69) is 17.3 Å². The summed E-state index contributed by atoms with van der Waals surface area (Å²) >= 11 is 0. The smallest absolute Gasteiger partial charge is 0.0176 e. The molecule has 2 atom stereocenters. The second-order valence-corrected chi connectivity index (χ2v) is 3.99. The Morgan fingerprint density at radius 2 is 2.18 bits per heavy atom. The molecule has 0 spiro atoms. The molecular formula is C9H17N2. The van der Waals surface area contributed by atoms with Crippen LogP contribution in [0.4, 0.5) is 0 Å². The third-order valence-electron chi connectivity index (χ3n) is 3.12. The Morgan fingerprint density at radius 1 is 1.27 bits per heavy atom. The van der Waals surface area contributed by atoms with Crippen LogP contribution in [0.15, 0.2) is 0 Å². The summed E-state index contributed by atoms with van der Waals surface area (Å²) in [5.41, 5.74) is 0. The predicted molar refractivity (Wildman–Crippen MR) is 45.6 cm³/mol. The zero-order chi connectivity index (χ0) is 7.68. The Labute approximate surface area is 69.0 Å². The van der Waals surface area contributed by atoms with Crippen molar-refractivity contribution in [1.82, 2.24) is 10.2 Å². The van der Waals surface area contributed by atoms with E-state index in [-0.39, 0.29) is 0 Å². The molecule has 2 fully saturated rings. The summed E-state index contributed by atoms with van der Waals surface area (Å²) in [4.78, 5) is 2.45. The van der Waals surface area contributed by atoms with Crippen molar-refractivity contribution >= 4 is 0 Å². The molecule has 0 N–H and O–H groups in total. The Morgan fingerprint density at radius 3 is 3.09 bits per heavy atom. The molecule has 0 aliphatic carbocycles. The third-order valence-corrected chi connectivity index (χ3v) is 3.12. The zero-order valence-corrected chi connectivity index (χ0v) is 7.29. The highest BCUT2D eigenvalue weighted by atomic mass is 15.1. The number of hydrogen-bond acceptors (Lipinski definition) is 1. The van der Waals surface area contributed by atoms with Gasteiger partial charge in [-0.2, -0.15) is 0 Å². The second kappa shape index (κ2) is 3.11. The van der Waals surface area contributed by atoms with Gasteiger partial charge in [-0.15, -0.1) is 0 Å². The molecule has 11 heavy (non-hydrogen) atoms.